The molecule has 0 radical (unpaired) electrons. The summed E-state index contributed by atoms with van der Waals surface area (Å²) in [4.78, 5) is 33.1. The lowest BCUT2D eigenvalue weighted by Crippen LogP contribution is -2.38. The van der Waals surface area contributed by atoms with Crippen molar-refractivity contribution in [3.05, 3.63) is 0 Å². The number of alkyl carbamates (subject to hydrolysis) is 1. The Morgan fingerprint density at radius 1 is 1.26 bits per heavy atom. The number of carbonyl (C=O) groups is 3. The van der Waals surface area contributed by atoms with Crippen molar-refractivity contribution in [2.45, 2.75) is 52.2 Å². The Hall–Kier alpha value is -1.79. The van der Waals surface area contributed by atoms with Gasteiger partial charge in [0, 0.05) is 13.0 Å². The molecule has 19 heavy (non-hydrogen) atoms. The van der Waals surface area contributed by atoms with E-state index in [0.717, 1.165) is 0 Å². The molecule has 0 aliphatic rings. The molecule has 1 atom stereocenters. The third kappa shape index (κ3) is 9.87. The fourth-order valence-electron chi connectivity index (χ4n) is 1.13. The van der Waals surface area contributed by atoms with Gasteiger partial charge in [-0.1, -0.05) is 0 Å². The monoisotopic (exact) mass is 274 g/mol. The Morgan fingerprint density at radius 2 is 1.84 bits per heavy atom. The number of amides is 2. The Balaban J connectivity index is 3.72. The summed E-state index contributed by atoms with van der Waals surface area (Å²) in [5.41, 5.74) is -0.557. The van der Waals surface area contributed by atoms with Gasteiger partial charge in [-0.3, -0.25) is 9.59 Å². The second-order valence-electron chi connectivity index (χ2n) is 5.16. The summed E-state index contributed by atoms with van der Waals surface area (Å²) < 4.78 is 5.01. The molecular formula is C12H22N2O5. The zero-order valence-electron chi connectivity index (χ0n) is 11.8. The van der Waals surface area contributed by atoms with Crippen LogP contribution >= 0.6 is 0 Å². The lowest BCUT2D eigenvalue weighted by atomic mass is 10.2. The minimum Gasteiger partial charge on any atom is -0.480 e. The van der Waals surface area contributed by atoms with Gasteiger partial charge in [-0.25, -0.2) is 4.79 Å². The van der Waals surface area contributed by atoms with Crippen LogP contribution in [-0.2, 0) is 14.3 Å². The molecule has 7 heteroatoms. The van der Waals surface area contributed by atoms with Crippen molar-refractivity contribution in [2.24, 2.45) is 0 Å². The van der Waals surface area contributed by atoms with Gasteiger partial charge in [-0.05, 0) is 34.1 Å². The van der Waals surface area contributed by atoms with Crippen LogP contribution < -0.4 is 10.6 Å². The van der Waals surface area contributed by atoms with Gasteiger partial charge in [-0.15, -0.1) is 0 Å². The van der Waals surface area contributed by atoms with Crippen LogP contribution in [0.2, 0.25) is 0 Å². The average Bonchev–Trinajstić information content (AvgIpc) is 2.21. The second-order valence-corrected chi connectivity index (χ2v) is 5.16. The minimum atomic E-state index is -1.08. The summed E-state index contributed by atoms with van der Waals surface area (Å²) in [7, 11) is 0. The average molecular weight is 274 g/mol. The molecule has 0 aliphatic heterocycles. The van der Waals surface area contributed by atoms with Crippen molar-refractivity contribution in [1.29, 1.82) is 0 Å². The molecule has 3 N–H and O–H groups in total. The van der Waals surface area contributed by atoms with E-state index in [0.29, 0.717) is 13.0 Å². The standard InChI is InChI=1S/C12H22N2O5/c1-8(10(16)17)14-9(15)6-5-7-13-11(18)19-12(2,3)4/h8H,5-7H2,1-4H3,(H,13,18)(H,14,15)(H,16,17). The maximum Gasteiger partial charge on any atom is 0.407 e. The summed E-state index contributed by atoms with van der Waals surface area (Å²) in [6, 6.07) is -0.911. The number of rotatable bonds is 6. The number of nitrogens with one attached hydrogen (secondary N) is 2. The highest BCUT2D eigenvalue weighted by atomic mass is 16.6. The lowest BCUT2D eigenvalue weighted by Gasteiger charge is -2.19. The normalized spacial score (nSPS) is 12.4. The summed E-state index contributed by atoms with van der Waals surface area (Å²) in [5.74, 6) is -1.44. The largest absolute Gasteiger partial charge is 0.480 e. The van der Waals surface area contributed by atoms with Gasteiger partial charge < -0.3 is 20.5 Å². The van der Waals surface area contributed by atoms with Crippen molar-refractivity contribution in [1.82, 2.24) is 10.6 Å². The highest BCUT2D eigenvalue weighted by Crippen LogP contribution is 2.06. The number of carboxylic acids is 1. The summed E-state index contributed by atoms with van der Waals surface area (Å²) >= 11 is 0. The van der Waals surface area contributed by atoms with Crippen LogP contribution in [0.5, 0.6) is 0 Å². The zero-order chi connectivity index (χ0) is 15.1. The molecule has 0 spiro atoms. The molecule has 0 saturated carbocycles. The van der Waals surface area contributed by atoms with E-state index in [1.165, 1.54) is 6.92 Å². The van der Waals surface area contributed by atoms with Crippen LogP contribution in [0.25, 0.3) is 0 Å². The number of carboxylic acid groups (broad SMARTS) is 1. The maximum atomic E-state index is 11.3. The Labute approximate surface area is 112 Å². The van der Waals surface area contributed by atoms with Gasteiger partial charge >= 0.3 is 12.1 Å². The van der Waals surface area contributed by atoms with E-state index in [1.807, 2.05) is 0 Å². The number of carbonyl (C=O) groups excluding carboxylic acids is 2. The Kier molecular flexibility index (Phi) is 6.89. The van der Waals surface area contributed by atoms with E-state index in [-0.39, 0.29) is 12.3 Å². The molecule has 7 nitrogen and oxygen atoms in total. The molecule has 0 fully saturated rings. The summed E-state index contributed by atoms with van der Waals surface area (Å²) in [6.07, 6.45) is 0.0250. The van der Waals surface area contributed by atoms with Crippen LogP contribution in [-0.4, -0.2) is 41.3 Å². The van der Waals surface area contributed by atoms with Crippen LogP contribution in [0, 0.1) is 0 Å². The van der Waals surface area contributed by atoms with Crippen molar-refractivity contribution < 1.29 is 24.2 Å². The Morgan fingerprint density at radius 3 is 2.32 bits per heavy atom. The van der Waals surface area contributed by atoms with Gasteiger partial charge in [-0.2, -0.15) is 0 Å². The summed E-state index contributed by atoms with van der Waals surface area (Å²) in [6.45, 7) is 6.96. The molecule has 0 rings (SSSR count). The topological polar surface area (TPSA) is 105 Å². The minimum absolute atomic E-state index is 0.146. The van der Waals surface area contributed by atoms with E-state index in [9.17, 15) is 14.4 Å². The van der Waals surface area contributed by atoms with E-state index < -0.39 is 23.7 Å². The number of hydrogen-bond donors (Lipinski definition) is 3. The van der Waals surface area contributed by atoms with Crippen LogP contribution in [0.4, 0.5) is 4.79 Å². The Bertz CT molecular complexity index is 336. The molecule has 0 heterocycles. The lowest BCUT2D eigenvalue weighted by molar-refractivity contribution is -0.141. The second kappa shape index (κ2) is 7.60. The van der Waals surface area contributed by atoms with E-state index in [4.69, 9.17) is 9.84 Å². The molecule has 110 valence electrons. The molecular weight excluding hydrogens is 252 g/mol. The first-order valence-corrected chi connectivity index (χ1v) is 6.11. The third-order valence-corrected chi connectivity index (χ3v) is 2.00. The highest BCUT2D eigenvalue weighted by molar-refractivity contribution is 5.83. The first kappa shape index (κ1) is 17.2. The van der Waals surface area contributed by atoms with Crippen LogP contribution in [0.3, 0.4) is 0 Å². The molecule has 1 unspecified atom stereocenters. The molecule has 0 aromatic rings. The van der Waals surface area contributed by atoms with Crippen molar-refractivity contribution in [2.75, 3.05) is 6.54 Å². The molecule has 0 bridgehead atoms. The van der Waals surface area contributed by atoms with Gasteiger partial charge in [0.15, 0.2) is 0 Å². The maximum absolute atomic E-state index is 11.3. The van der Waals surface area contributed by atoms with Crippen molar-refractivity contribution in [3.8, 4) is 0 Å². The molecule has 2 amide bonds. The van der Waals surface area contributed by atoms with Gasteiger partial charge in [0.2, 0.25) is 5.91 Å². The number of hydrogen-bond acceptors (Lipinski definition) is 4. The van der Waals surface area contributed by atoms with Gasteiger partial charge in [0.1, 0.15) is 11.6 Å². The molecule has 0 aromatic carbocycles. The molecule has 0 aromatic heterocycles. The quantitative estimate of drug-likeness (QED) is 0.624. The van der Waals surface area contributed by atoms with Crippen LogP contribution in [0.15, 0.2) is 0 Å². The fraction of sp³-hybridized carbons (Fsp3) is 0.750. The van der Waals surface area contributed by atoms with Crippen molar-refractivity contribution >= 4 is 18.0 Å². The first-order valence-electron chi connectivity index (χ1n) is 6.11. The number of ether oxygens (including phenoxy) is 1. The fourth-order valence-corrected chi connectivity index (χ4v) is 1.13. The van der Waals surface area contributed by atoms with Crippen LogP contribution in [0.1, 0.15) is 40.5 Å². The van der Waals surface area contributed by atoms with Gasteiger partial charge in [0.25, 0.3) is 0 Å². The molecule has 0 aliphatic carbocycles. The van der Waals surface area contributed by atoms with E-state index in [1.54, 1.807) is 20.8 Å². The summed E-state index contributed by atoms with van der Waals surface area (Å²) in [5, 5.41) is 13.4. The van der Waals surface area contributed by atoms with E-state index >= 15 is 0 Å². The third-order valence-electron chi connectivity index (χ3n) is 2.00. The molecule has 0 saturated heterocycles. The number of aliphatic carboxylic acids is 1. The zero-order valence-corrected chi connectivity index (χ0v) is 11.8. The predicted molar refractivity (Wildman–Crippen MR) is 68.7 cm³/mol. The van der Waals surface area contributed by atoms with Gasteiger partial charge in [0.05, 0.1) is 0 Å². The SMILES string of the molecule is CC(NC(=O)CCCNC(=O)OC(C)(C)C)C(=O)O. The highest BCUT2D eigenvalue weighted by Gasteiger charge is 2.16. The first-order chi connectivity index (χ1) is 8.61. The predicted octanol–water partition coefficient (Wildman–Crippen LogP) is 0.881. The van der Waals surface area contributed by atoms with Crippen molar-refractivity contribution in [3.63, 3.8) is 0 Å². The smallest absolute Gasteiger partial charge is 0.407 e. The van der Waals surface area contributed by atoms with E-state index in [2.05, 4.69) is 10.6 Å².